The zero-order valence-corrected chi connectivity index (χ0v) is 16.8. The third-order valence-electron chi connectivity index (χ3n) is 4.74. The molecule has 0 aromatic carbocycles. The highest BCUT2D eigenvalue weighted by molar-refractivity contribution is 7.99. The number of nitrogens with zero attached hydrogens (tertiary/aromatic N) is 3. The second-order valence-corrected chi connectivity index (χ2v) is 8.65. The number of aryl methyl sites for hydroxylation is 1. The molecule has 2 aromatic rings. The van der Waals surface area contributed by atoms with Crippen molar-refractivity contribution in [2.24, 2.45) is 0 Å². The van der Waals surface area contributed by atoms with Crippen LogP contribution in [0.5, 0.6) is 0 Å². The van der Waals surface area contributed by atoms with Crippen LogP contribution in [0, 0.1) is 13.8 Å². The highest BCUT2D eigenvalue weighted by Crippen LogP contribution is 2.31. The number of thiophene rings is 1. The number of hydrogen-bond acceptors (Lipinski definition) is 5. The quantitative estimate of drug-likeness (QED) is 0.734. The molecule has 136 valence electrons. The van der Waals surface area contributed by atoms with Gasteiger partial charge in [0.05, 0.1) is 5.75 Å². The fraction of sp³-hybridized carbons (Fsp3) is 0.611. The minimum Gasteiger partial charge on any atom is -0.353 e. The molecular formula is C18H26N4OS2. The molecule has 0 atom stereocenters. The van der Waals surface area contributed by atoms with Gasteiger partial charge in [-0.05, 0) is 38.7 Å². The van der Waals surface area contributed by atoms with Gasteiger partial charge < -0.3 is 9.88 Å². The van der Waals surface area contributed by atoms with Crippen molar-refractivity contribution in [1.29, 1.82) is 0 Å². The van der Waals surface area contributed by atoms with Crippen LogP contribution in [0.1, 0.15) is 49.5 Å². The molecule has 25 heavy (non-hydrogen) atoms. The van der Waals surface area contributed by atoms with E-state index in [1.165, 1.54) is 35.0 Å². The van der Waals surface area contributed by atoms with E-state index in [4.69, 9.17) is 0 Å². The topological polar surface area (TPSA) is 59.8 Å². The van der Waals surface area contributed by atoms with Crippen LogP contribution in [0.15, 0.2) is 10.5 Å². The lowest BCUT2D eigenvalue weighted by atomic mass is 10.1. The predicted octanol–water partition coefficient (Wildman–Crippen LogP) is 4.18. The summed E-state index contributed by atoms with van der Waals surface area (Å²) in [4.78, 5) is 13.5. The Morgan fingerprint density at radius 2 is 2.12 bits per heavy atom. The van der Waals surface area contributed by atoms with Crippen LogP contribution in [-0.2, 0) is 11.3 Å². The fourth-order valence-electron chi connectivity index (χ4n) is 3.22. The Hall–Kier alpha value is -1.34. The summed E-state index contributed by atoms with van der Waals surface area (Å²) in [5.41, 5.74) is 2.43. The smallest absolute Gasteiger partial charge is 0.230 e. The van der Waals surface area contributed by atoms with Crippen molar-refractivity contribution < 1.29 is 4.79 Å². The van der Waals surface area contributed by atoms with E-state index in [1.54, 1.807) is 11.3 Å². The highest BCUT2D eigenvalue weighted by Gasteiger charge is 2.20. The minimum absolute atomic E-state index is 0.104. The van der Waals surface area contributed by atoms with E-state index in [2.05, 4.69) is 46.2 Å². The van der Waals surface area contributed by atoms with Gasteiger partial charge in [0.15, 0.2) is 11.0 Å². The Balaban J connectivity index is 1.70. The van der Waals surface area contributed by atoms with Crippen molar-refractivity contribution in [1.82, 2.24) is 20.1 Å². The standard InChI is InChI=1S/C18H26N4OS2/c1-4-9-22-17(15-10-24-13(3)12(15)2)20-21-18(22)25-11-16(23)19-14-7-5-6-8-14/h10,14H,4-9,11H2,1-3H3,(H,19,23). The SMILES string of the molecule is CCCn1c(SCC(=O)NC2CCCC2)nnc1-c1csc(C)c1C. The Labute approximate surface area is 157 Å². The first-order valence-electron chi connectivity index (χ1n) is 9.00. The van der Waals surface area contributed by atoms with E-state index in [0.29, 0.717) is 11.8 Å². The second-order valence-electron chi connectivity index (χ2n) is 6.63. The molecular weight excluding hydrogens is 352 g/mol. The number of carbonyl (C=O) groups excluding carboxylic acids is 1. The van der Waals surface area contributed by atoms with Crippen LogP contribution in [0.2, 0.25) is 0 Å². The maximum Gasteiger partial charge on any atom is 0.230 e. The molecule has 1 N–H and O–H groups in total. The number of amides is 1. The molecule has 5 nitrogen and oxygen atoms in total. The average Bonchev–Trinajstić information content (AvgIpc) is 3.30. The molecule has 0 aliphatic heterocycles. The van der Waals surface area contributed by atoms with Gasteiger partial charge in [-0.15, -0.1) is 21.5 Å². The molecule has 1 aliphatic rings. The number of carbonyl (C=O) groups is 1. The molecule has 0 spiro atoms. The van der Waals surface area contributed by atoms with E-state index in [0.717, 1.165) is 42.4 Å². The summed E-state index contributed by atoms with van der Waals surface area (Å²) in [6.45, 7) is 7.28. The molecule has 0 saturated heterocycles. The lowest BCUT2D eigenvalue weighted by Gasteiger charge is -2.12. The fourth-order valence-corrected chi connectivity index (χ4v) is 4.86. The van der Waals surface area contributed by atoms with Crippen molar-refractivity contribution in [3.05, 3.63) is 15.8 Å². The summed E-state index contributed by atoms with van der Waals surface area (Å²) in [7, 11) is 0. The third-order valence-corrected chi connectivity index (χ3v) is 6.72. The first-order valence-corrected chi connectivity index (χ1v) is 10.9. The summed E-state index contributed by atoms with van der Waals surface area (Å²) in [6.07, 6.45) is 5.69. The van der Waals surface area contributed by atoms with Crippen LogP contribution in [-0.4, -0.2) is 32.5 Å². The Morgan fingerprint density at radius 1 is 1.36 bits per heavy atom. The minimum atomic E-state index is 0.104. The Morgan fingerprint density at radius 3 is 2.76 bits per heavy atom. The van der Waals surface area contributed by atoms with E-state index in [-0.39, 0.29) is 5.91 Å². The van der Waals surface area contributed by atoms with Crippen molar-refractivity contribution >= 4 is 29.0 Å². The van der Waals surface area contributed by atoms with Gasteiger partial charge in [-0.3, -0.25) is 4.79 Å². The van der Waals surface area contributed by atoms with Gasteiger partial charge in [0.25, 0.3) is 0 Å². The van der Waals surface area contributed by atoms with Gasteiger partial charge in [-0.1, -0.05) is 31.5 Å². The van der Waals surface area contributed by atoms with E-state index >= 15 is 0 Å². The van der Waals surface area contributed by atoms with Crippen LogP contribution < -0.4 is 5.32 Å². The summed E-state index contributed by atoms with van der Waals surface area (Å²) in [6, 6.07) is 0.369. The molecule has 3 rings (SSSR count). The van der Waals surface area contributed by atoms with E-state index in [9.17, 15) is 4.79 Å². The first kappa shape index (κ1) is 18.5. The third kappa shape index (κ3) is 4.26. The monoisotopic (exact) mass is 378 g/mol. The van der Waals surface area contributed by atoms with Crippen molar-refractivity contribution in [3.63, 3.8) is 0 Å². The van der Waals surface area contributed by atoms with Crippen molar-refractivity contribution in [2.45, 2.75) is 70.6 Å². The maximum absolute atomic E-state index is 12.2. The second kappa shape index (κ2) is 8.36. The van der Waals surface area contributed by atoms with Crippen LogP contribution in [0.4, 0.5) is 0 Å². The maximum atomic E-state index is 12.2. The largest absolute Gasteiger partial charge is 0.353 e. The zero-order valence-electron chi connectivity index (χ0n) is 15.2. The van der Waals surface area contributed by atoms with Gasteiger partial charge in [0, 0.05) is 28.4 Å². The molecule has 1 fully saturated rings. The molecule has 1 saturated carbocycles. The van der Waals surface area contributed by atoms with E-state index < -0.39 is 0 Å². The lowest BCUT2D eigenvalue weighted by molar-refractivity contribution is -0.119. The predicted molar refractivity (Wildman–Crippen MR) is 104 cm³/mol. The average molecular weight is 379 g/mol. The van der Waals surface area contributed by atoms with Gasteiger partial charge >= 0.3 is 0 Å². The molecule has 7 heteroatoms. The molecule has 1 amide bonds. The normalized spacial score (nSPS) is 15.0. The summed E-state index contributed by atoms with van der Waals surface area (Å²) >= 11 is 3.23. The number of nitrogens with one attached hydrogen (secondary N) is 1. The van der Waals surface area contributed by atoms with Gasteiger partial charge in [-0.25, -0.2) is 0 Å². The molecule has 2 heterocycles. The molecule has 1 aliphatic carbocycles. The Kier molecular flexibility index (Phi) is 6.17. The van der Waals surface area contributed by atoms with Crippen LogP contribution in [0.3, 0.4) is 0 Å². The van der Waals surface area contributed by atoms with Gasteiger partial charge in [-0.2, -0.15) is 0 Å². The molecule has 2 aromatic heterocycles. The lowest BCUT2D eigenvalue weighted by Crippen LogP contribution is -2.33. The Bertz CT molecular complexity index is 732. The number of rotatable bonds is 7. The summed E-state index contributed by atoms with van der Waals surface area (Å²) in [5.74, 6) is 1.43. The summed E-state index contributed by atoms with van der Waals surface area (Å²) in [5, 5.41) is 14.9. The first-order chi connectivity index (χ1) is 12.1. The zero-order chi connectivity index (χ0) is 17.8. The van der Waals surface area contributed by atoms with Crippen molar-refractivity contribution in [3.8, 4) is 11.4 Å². The van der Waals surface area contributed by atoms with E-state index in [1.807, 2.05) is 0 Å². The van der Waals surface area contributed by atoms with Gasteiger partial charge in [0.1, 0.15) is 0 Å². The highest BCUT2D eigenvalue weighted by atomic mass is 32.2. The van der Waals surface area contributed by atoms with Gasteiger partial charge in [0.2, 0.25) is 5.91 Å². The molecule has 0 radical (unpaired) electrons. The summed E-state index contributed by atoms with van der Waals surface area (Å²) < 4.78 is 2.15. The number of thioether (sulfide) groups is 1. The van der Waals surface area contributed by atoms with Crippen LogP contribution >= 0.6 is 23.1 Å². The van der Waals surface area contributed by atoms with Crippen LogP contribution in [0.25, 0.3) is 11.4 Å². The molecule has 0 bridgehead atoms. The number of hydrogen-bond donors (Lipinski definition) is 1. The molecule has 0 unspecified atom stereocenters. The van der Waals surface area contributed by atoms with Crippen molar-refractivity contribution in [2.75, 3.05) is 5.75 Å². The number of aromatic nitrogens is 3.